The molecular formula is C67H90F12. The summed E-state index contributed by atoms with van der Waals surface area (Å²) in [5, 5.41) is 0. The Bertz CT molecular complexity index is 2220. The van der Waals surface area contributed by atoms with Gasteiger partial charge in [-0.25, -0.2) is 0 Å². The molecule has 0 amide bonds. The Balaban J connectivity index is 0.000000194. The average molecular weight is 1120 g/mol. The van der Waals surface area contributed by atoms with Crippen LogP contribution in [0.3, 0.4) is 0 Å². The monoisotopic (exact) mass is 1120 g/mol. The van der Waals surface area contributed by atoms with Crippen molar-refractivity contribution in [3.63, 3.8) is 0 Å². The molecule has 0 nitrogen and oxygen atoms in total. The molecule has 0 spiro atoms. The molecule has 8 rings (SSSR count). The molecule has 4 aliphatic rings. The van der Waals surface area contributed by atoms with E-state index in [0.29, 0.717) is 23.7 Å². The summed E-state index contributed by atoms with van der Waals surface area (Å²) in [4.78, 5) is 0. The van der Waals surface area contributed by atoms with Crippen molar-refractivity contribution >= 4 is 0 Å². The van der Waals surface area contributed by atoms with Crippen molar-refractivity contribution in [3.8, 4) is 0 Å². The second-order valence-electron chi connectivity index (χ2n) is 23.5. The number of hydrogen-bond acceptors (Lipinski definition) is 0. The fraction of sp³-hybridized carbons (Fsp3) is 0.642. The highest BCUT2D eigenvalue weighted by atomic mass is 19.4. The quantitative estimate of drug-likeness (QED) is 0.0822. The lowest BCUT2D eigenvalue weighted by molar-refractivity contribution is -0.138. The van der Waals surface area contributed by atoms with Gasteiger partial charge in [-0.2, -0.15) is 52.7 Å². The summed E-state index contributed by atoms with van der Waals surface area (Å²) < 4.78 is 150. The first-order valence-electron chi connectivity index (χ1n) is 30.2. The Labute approximate surface area is 465 Å². The molecule has 442 valence electrons. The molecule has 0 aromatic heterocycles. The molecule has 4 fully saturated rings. The Hall–Kier alpha value is -3.96. The van der Waals surface area contributed by atoms with Crippen molar-refractivity contribution in [3.05, 3.63) is 142 Å². The van der Waals surface area contributed by atoms with Crippen LogP contribution in [0, 0.1) is 23.7 Å². The summed E-state index contributed by atoms with van der Waals surface area (Å²) in [6, 6.07) is 23.1. The van der Waals surface area contributed by atoms with Gasteiger partial charge >= 0.3 is 24.7 Å². The molecule has 79 heavy (non-hydrogen) atoms. The van der Waals surface area contributed by atoms with Gasteiger partial charge in [0.1, 0.15) is 0 Å². The summed E-state index contributed by atoms with van der Waals surface area (Å²) >= 11 is 0. The molecule has 0 N–H and O–H groups in total. The highest BCUT2D eigenvalue weighted by Gasteiger charge is 2.34. The van der Waals surface area contributed by atoms with Gasteiger partial charge in [-0.1, -0.05) is 147 Å². The number of hydrogen-bond donors (Lipinski definition) is 0. The van der Waals surface area contributed by atoms with Crippen LogP contribution < -0.4 is 0 Å². The molecular weight excluding hydrogens is 1030 g/mol. The minimum atomic E-state index is -4.23. The number of benzene rings is 4. The van der Waals surface area contributed by atoms with Crippen molar-refractivity contribution in [2.45, 2.75) is 249 Å². The van der Waals surface area contributed by atoms with Gasteiger partial charge in [0.2, 0.25) is 0 Å². The molecule has 4 saturated carbocycles. The number of unbranched alkanes of at least 4 members (excludes halogenated alkanes) is 4. The van der Waals surface area contributed by atoms with Gasteiger partial charge in [-0.05, 0) is 221 Å². The summed E-state index contributed by atoms with van der Waals surface area (Å²) in [6.07, 6.45) is 16.1. The van der Waals surface area contributed by atoms with Crippen LogP contribution in [0.2, 0.25) is 0 Å². The van der Waals surface area contributed by atoms with Crippen LogP contribution in [0.4, 0.5) is 52.7 Å². The van der Waals surface area contributed by atoms with Gasteiger partial charge in [0.15, 0.2) is 0 Å². The summed E-state index contributed by atoms with van der Waals surface area (Å²) in [5.41, 5.74) is 2.12. The van der Waals surface area contributed by atoms with E-state index in [-0.39, 0.29) is 0 Å². The molecule has 0 radical (unpaired) electrons. The molecule has 0 heterocycles. The van der Waals surface area contributed by atoms with Crippen LogP contribution in [-0.2, 0) is 24.7 Å². The lowest BCUT2D eigenvalue weighted by Crippen LogP contribution is -2.13. The van der Waals surface area contributed by atoms with Gasteiger partial charge in [0, 0.05) is 0 Å². The first kappa shape index (κ1) is 65.8. The van der Waals surface area contributed by atoms with Crippen molar-refractivity contribution in [1.29, 1.82) is 0 Å². The zero-order valence-corrected chi connectivity index (χ0v) is 47.5. The average Bonchev–Trinajstić information content (AvgIpc) is 3.45. The van der Waals surface area contributed by atoms with Gasteiger partial charge in [0.05, 0.1) is 22.3 Å². The first-order valence-corrected chi connectivity index (χ1v) is 30.2. The minimum absolute atomic E-state index is 0.453. The first-order chi connectivity index (χ1) is 37.5. The molecule has 0 atom stereocenters. The van der Waals surface area contributed by atoms with E-state index in [0.717, 1.165) is 97.3 Å². The Morgan fingerprint density at radius 1 is 0.266 bits per heavy atom. The molecule has 4 aromatic carbocycles. The van der Waals surface area contributed by atoms with Crippen molar-refractivity contribution in [1.82, 2.24) is 0 Å². The molecule has 0 aliphatic heterocycles. The molecule has 4 aliphatic carbocycles. The van der Waals surface area contributed by atoms with E-state index in [1.807, 2.05) is 0 Å². The van der Waals surface area contributed by atoms with E-state index in [2.05, 4.69) is 27.7 Å². The molecule has 12 heteroatoms. The van der Waals surface area contributed by atoms with Crippen LogP contribution in [-0.4, -0.2) is 0 Å². The number of alkyl halides is 12. The van der Waals surface area contributed by atoms with Gasteiger partial charge < -0.3 is 0 Å². The smallest absolute Gasteiger partial charge is 0.166 e. The number of rotatable bonds is 15. The third-order valence-corrected chi connectivity index (χ3v) is 17.9. The fourth-order valence-corrected chi connectivity index (χ4v) is 12.8. The predicted octanol–water partition coefficient (Wildman–Crippen LogP) is 24.3. The summed E-state index contributed by atoms with van der Waals surface area (Å²) in [6.45, 7) is 8.87. The molecule has 0 bridgehead atoms. The van der Waals surface area contributed by atoms with Crippen LogP contribution in [0.5, 0.6) is 0 Å². The van der Waals surface area contributed by atoms with Crippen molar-refractivity contribution in [2.24, 2.45) is 23.7 Å². The second-order valence-corrected chi connectivity index (χ2v) is 23.5. The predicted molar refractivity (Wildman–Crippen MR) is 298 cm³/mol. The fourth-order valence-electron chi connectivity index (χ4n) is 12.8. The van der Waals surface area contributed by atoms with E-state index >= 15 is 0 Å². The van der Waals surface area contributed by atoms with E-state index in [1.165, 1.54) is 171 Å². The maximum Gasteiger partial charge on any atom is 0.416 e. The lowest BCUT2D eigenvalue weighted by Gasteiger charge is -2.29. The highest BCUT2D eigenvalue weighted by Crippen LogP contribution is 2.43. The topological polar surface area (TPSA) is 0 Å². The van der Waals surface area contributed by atoms with Crippen LogP contribution in [0.1, 0.15) is 269 Å². The summed E-state index contributed by atoms with van der Waals surface area (Å²) in [7, 11) is 0. The third-order valence-electron chi connectivity index (χ3n) is 17.9. The maximum absolute atomic E-state index is 12.6. The highest BCUT2D eigenvalue weighted by molar-refractivity contribution is 5.30. The van der Waals surface area contributed by atoms with E-state index in [9.17, 15) is 52.7 Å². The standard InChI is InChI=1S/C19H27F3.C17H23F3.C16H21F3.C15H19F3/c1-2-3-4-5-6-15-7-9-16(10-8-15)17-11-13-18(14-12-17)19(20,21)22;1-2-3-4-13-5-7-14(8-6-13)15-9-11-16(12-10-15)17(18,19)20;1-2-3-12-4-6-13(7-5-12)14-8-10-15(11-9-14)16(17,18)19;1-2-11-3-5-12(6-4-11)13-7-9-14(10-8-13)15(16,17)18/h11-16H,2-10H2,1H3;9-14H,2-8H2,1H3;8-13H,2-7H2,1H3;7-12H,2-6H2,1H3. The zero-order valence-electron chi connectivity index (χ0n) is 47.5. The molecule has 0 saturated heterocycles. The van der Waals surface area contributed by atoms with Crippen molar-refractivity contribution in [2.75, 3.05) is 0 Å². The van der Waals surface area contributed by atoms with Gasteiger partial charge in [-0.15, -0.1) is 0 Å². The van der Waals surface area contributed by atoms with Crippen LogP contribution in [0.15, 0.2) is 97.1 Å². The van der Waals surface area contributed by atoms with E-state index in [4.69, 9.17) is 0 Å². The second kappa shape index (κ2) is 32.0. The summed E-state index contributed by atoms with van der Waals surface area (Å²) in [5.74, 6) is 5.13. The van der Waals surface area contributed by atoms with Crippen LogP contribution in [0.25, 0.3) is 0 Å². The SMILES string of the molecule is CCC1CCC(c2ccc(C(F)(F)F)cc2)CC1.CCCC1CCC(c2ccc(C(F)(F)F)cc2)CC1.CCCCC1CCC(c2ccc(C(F)(F)F)cc2)CC1.CCCCCCC1CCC(c2ccc(C(F)(F)F)cc2)CC1. The lowest BCUT2D eigenvalue weighted by atomic mass is 9.77. The zero-order chi connectivity index (χ0) is 57.6. The van der Waals surface area contributed by atoms with Gasteiger partial charge in [0.25, 0.3) is 0 Å². The Morgan fingerprint density at radius 2 is 0.506 bits per heavy atom. The maximum atomic E-state index is 12.6. The van der Waals surface area contributed by atoms with Crippen molar-refractivity contribution < 1.29 is 52.7 Å². The Kier molecular flexibility index (Phi) is 26.7. The van der Waals surface area contributed by atoms with E-state index in [1.54, 1.807) is 48.5 Å². The largest absolute Gasteiger partial charge is 0.416 e. The van der Waals surface area contributed by atoms with Crippen LogP contribution >= 0.6 is 0 Å². The molecule has 0 unspecified atom stereocenters. The third kappa shape index (κ3) is 22.4. The molecule has 4 aromatic rings. The minimum Gasteiger partial charge on any atom is -0.166 e. The van der Waals surface area contributed by atoms with Gasteiger partial charge in [-0.3, -0.25) is 0 Å². The number of halogens is 12. The van der Waals surface area contributed by atoms with E-state index < -0.39 is 47.0 Å². The Morgan fingerprint density at radius 3 is 0.734 bits per heavy atom. The normalized spacial score (nSPS) is 23.9.